The molecule has 4 heteroatoms. The van der Waals surface area contributed by atoms with Crippen molar-refractivity contribution in [2.24, 2.45) is 5.73 Å². The Hall–Kier alpha value is -0.970. The molecule has 0 aromatic carbocycles. The molecule has 1 saturated heterocycles. The van der Waals surface area contributed by atoms with Gasteiger partial charge in [-0.3, -0.25) is 9.88 Å². The number of morpholine rings is 1. The Kier molecular flexibility index (Phi) is 4.27. The molecule has 1 aromatic heterocycles. The first-order valence-corrected chi connectivity index (χ1v) is 5.81. The minimum atomic E-state index is 0.457. The van der Waals surface area contributed by atoms with E-state index in [1.807, 2.05) is 12.3 Å². The molecular weight excluding hydrogens is 202 g/mol. The summed E-state index contributed by atoms with van der Waals surface area (Å²) in [7, 11) is 0. The van der Waals surface area contributed by atoms with Gasteiger partial charge in [0.2, 0.25) is 0 Å². The van der Waals surface area contributed by atoms with Crippen molar-refractivity contribution >= 4 is 0 Å². The van der Waals surface area contributed by atoms with Crippen LogP contribution in [0, 0.1) is 0 Å². The quantitative estimate of drug-likeness (QED) is 0.810. The highest BCUT2D eigenvalue weighted by atomic mass is 16.5. The minimum Gasteiger partial charge on any atom is -0.378 e. The van der Waals surface area contributed by atoms with Crippen LogP contribution in [0.15, 0.2) is 24.5 Å². The average Bonchev–Trinajstić information content (AvgIpc) is 2.33. The van der Waals surface area contributed by atoms with Gasteiger partial charge in [-0.1, -0.05) is 6.07 Å². The van der Waals surface area contributed by atoms with Gasteiger partial charge >= 0.3 is 0 Å². The predicted molar refractivity (Wildman–Crippen MR) is 62.9 cm³/mol. The molecule has 88 valence electrons. The molecule has 2 heterocycles. The van der Waals surface area contributed by atoms with Crippen molar-refractivity contribution < 1.29 is 4.74 Å². The van der Waals surface area contributed by atoms with Gasteiger partial charge in [0.15, 0.2) is 0 Å². The number of rotatable bonds is 4. The second-order valence-electron chi connectivity index (χ2n) is 4.14. The third-order valence-corrected chi connectivity index (χ3v) is 2.96. The summed E-state index contributed by atoms with van der Waals surface area (Å²) in [6, 6.07) is 4.55. The van der Waals surface area contributed by atoms with Gasteiger partial charge in [0.1, 0.15) is 0 Å². The summed E-state index contributed by atoms with van der Waals surface area (Å²) >= 11 is 0. The molecule has 0 spiro atoms. The molecule has 1 unspecified atom stereocenters. The molecule has 1 fully saturated rings. The topological polar surface area (TPSA) is 51.4 Å². The third kappa shape index (κ3) is 3.01. The fourth-order valence-corrected chi connectivity index (χ4v) is 2.08. The molecule has 0 saturated carbocycles. The van der Waals surface area contributed by atoms with E-state index in [4.69, 9.17) is 10.5 Å². The number of hydrogen-bond acceptors (Lipinski definition) is 4. The van der Waals surface area contributed by atoms with E-state index in [2.05, 4.69) is 16.0 Å². The molecule has 1 aliphatic heterocycles. The summed E-state index contributed by atoms with van der Waals surface area (Å²) in [6.45, 7) is 4.28. The standard InChI is InChI=1S/C12H19N3O/c13-4-3-12-10-16-7-6-15(12)9-11-2-1-5-14-8-11/h1-2,5,8,12H,3-4,6-7,9-10,13H2. The van der Waals surface area contributed by atoms with Gasteiger partial charge in [-0.2, -0.15) is 0 Å². The number of aromatic nitrogens is 1. The zero-order valence-corrected chi connectivity index (χ0v) is 9.51. The van der Waals surface area contributed by atoms with Gasteiger partial charge in [-0.05, 0) is 24.6 Å². The Morgan fingerprint density at radius 1 is 1.56 bits per heavy atom. The normalized spacial score (nSPS) is 22.2. The average molecular weight is 221 g/mol. The van der Waals surface area contributed by atoms with Gasteiger partial charge < -0.3 is 10.5 Å². The van der Waals surface area contributed by atoms with Gasteiger partial charge in [0.05, 0.1) is 13.2 Å². The summed E-state index contributed by atoms with van der Waals surface area (Å²) in [4.78, 5) is 6.58. The Bertz CT molecular complexity index is 302. The lowest BCUT2D eigenvalue weighted by molar-refractivity contribution is -0.0136. The van der Waals surface area contributed by atoms with Crippen LogP contribution in [0.4, 0.5) is 0 Å². The predicted octanol–water partition coefficient (Wildman–Crippen LogP) is 0.631. The second-order valence-corrected chi connectivity index (χ2v) is 4.14. The molecule has 0 radical (unpaired) electrons. The molecule has 0 bridgehead atoms. The zero-order chi connectivity index (χ0) is 11.2. The number of nitrogens with two attached hydrogens (primary N) is 1. The first-order valence-electron chi connectivity index (χ1n) is 5.81. The van der Waals surface area contributed by atoms with Crippen molar-refractivity contribution in [2.75, 3.05) is 26.3 Å². The molecule has 16 heavy (non-hydrogen) atoms. The summed E-state index contributed by atoms with van der Waals surface area (Å²) in [5.41, 5.74) is 6.88. The zero-order valence-electron chi connectivity index (χ0n) is 9.51. The molecular formula is C12H19N3O. The van der Waals surface area contributed by atoms with E-state index in [1.165, 1.54) is 5.56 Å². The van der Waals surface area contributed by atoms with Gasteiger partial charge in [-0.15, -0.1) is 0 Å². The minimum absolute atomic E-state index is 0.457. The molecule has 0 aliphatic carbocycles. The molecule has 1 aromatic rings. The summed E-state index contributed by atoms with van der Waals surface area (Å²) in [5.74, 6) is 0. The van der Waals surface area contributed by atoms with Crippen molar-refractivity contribution in [1.82, 2.24) is 9.88 Å². The molecule has 1 aliphatic rings. The van der Waals surface area contributed by atoms with Crippen molar-refractivity contribution in [2.45, 2.75) is 19.0 Å². The Morgan fingerprint density at radius 2 is 2.50 bits per heavy atom. The first kappa shape index (κ1) is 11.5. The van der Waals surface area contributed by atoms with Crippen LogP contribution >= 0.6 is 0 Å². The Labute approximate surface area is 96.4 Å². The summed E-state index contributed by atoms with van der Waals surface area (Å²) < 4.78 is 5.49. The van der Waals surface area contributed by atoms with Crippen molar-refractivity contribution in [3.63, 3.8) is 0 Å². The smallest absolute Gasteiger partial charge is 0.0623 e. The van der Waals surface area contributed by atoms with Crippen LogP contribution in [0.3, 0.4) is 0 Å². The highest BCUT2D eigenvalue weighted by molar-refractivity contribution is 5.08. The number of nitrogens with zero attached hydrogens (tertiary/aromatic N) is 2. The fraction of sp³-hybridized carbons (Fsp3) is 0.583. The highest BCUT2D eigenvalue weighted by Crippen LogP contribution is 2.13. The van der Waals surface area contributed by atoms with Crippen LogP contribution < -0.4 is 5.73 Å². The van der Waals surface area contributed by atoms with Crippen LogP contribution in [-0.2, 0) is 11.3 Å². The van der Waals surface area contributed by atoms with E-state index in [-0.39, 0.29) is 0 Å². The maximum Gasteiger partial charge on any atom is 0.0623 e. The monoisotopic (exact) mass is 221 g/mol. The van der Waals surface area contributed by atoms with E-state index in [1.54, 1.807) is 6.20 Å². The van der Waals surface area contributed by atoms with Crippen LogP contribution in [-0.4, -0.2) is 42.2 Å². The van der Waals surface area contributed by atoms with Crippen molar-refractivity contribution in [3.05, 3.63) is 30.1 Å². The molecule has 4 nitrogen and oxygen atoms in total. The molecule has 1 atom stereocenters. The Morgan fingerprint density at radius 3 is 3.25 bits per heavy atom. The van der Waals surface area contributed by atoms with Crippen LogP contribution in [0.2, 0.25) is 0 Å². The maximum atomic E-state index is 5.62. The SMILES string of the molecule is NCCC1COCCN1Cc1cccnc1. The lowest BCUT2D eigenvalue weighted by Crippen LogP contribution is -2.45. The lowest BCUT2D eigenvalue weighted by Gasteiger charge is -2.35. The molecule has 2 N–H and O–H groups in total. The van der Waals surface area contributed by atoms with Crippen LogP contribution in [0.5, 0.6) is 0 Å². The largest absolute Gasteiger partial charge is 0.378 e. The van der Waals surface area contributed by atoms with Crippen molar-refractivity contribution in [1.29, 1.82) is 0 Å². The Balaban J connectivity index is 1.96. The van der Waals surface area contributed by atoms with Crippen LogP contribution in [0.25, 0.3) is 0 Å². The van der Waals surface area contributed by atoms with E-state index < -0.39 is 0 Å². The summed E-state index contributed by atoms with van der Waals surface area (Å²) in [6.07, 6.45) is 4.73. The second kappa shape index (κ2) is 5.94. The van der Waals surface area contributed by atoms with E-state index in [0.29, 0.717) is 6.04 Å². The first-order chi connectivity index (χ1) is 7.90. The number of ether oxygens (including phenoxy) is 1. The van der Waals surface area contributed by atoms with Gasteiger partial charge in [0, 0.05) is 31.5 Å². The van der Waals surface area contributed by atoms with E-state index in [0.717, 1.165) is 39.3 Å². The molecule has 0 amide bonds. The summed E-state index contributed by atoms with van der Waals surface area (Å²) in [5, 5.41) is 0. The van der Waals surface area contributed by atoms with Gasteiger partial charge in [-0.25, -0.2) is 0 Å². The lowest BCUT2D eigenvalue weighted by atomic mass is 10.1. The van der Waals surface area contributed by atoms with Crippen LogP contribution in [0.1, 0.15) is 12.0 Å². The van der Waals surface area contributed by atoms with E-state index >= 15 is 0 Å². The highest BCUT2D eigenvalue weighted by Gasteiger charge is 2.22. The number of hydrogen-bond donors (Lipinski definition) is 1. The van der Waals surface area contributed by atoms with Gasteiger partial charge in [0.25, 0.3) is 0 Å². The fourth-order valence-electron chi connectivity index (χ4n) is 2.08. The van der Waals surface area contributed by atoms with Crippen molar-refractivity contribution in [3.8, 4) is 0 Å². The third-order valence-electron chi connectivity index (χ3n) is 2.96. The van der Waals surface area contributed by atoms with E-state index in [9.17, 15) is 0 Å². The maximum absolute atomic E-state index is 5.62. The number of pyridine rings is 1. The molecule has 2 rings (SSSR count).